The number of rotatable bonds is 13. The zero-order valence-corrected chi connectivity index (χ0v) is 40.3. The second-order valence-electron chi connectivity index (χ2n) is 13.1. The number of hydrogen-bond acceptors (Lipinski definition) is 15. The Hall–Kier alpha value is -6.81. The van der Waals surface area contributed by atoms with Crippen LogP contribution < -0.4 is 24.2 Å². The number of halogens is 7. The number of nitrogens with zero attached hydrogens (tertiary/aromatic N) is 4. The molecule has 0 aliphatic rings. The average Bonchev–Trinajstić information content (AvgIpc) is 3.27. The number of methoxy groups -OCH3 is 1. The summed E-state index contributed by atoms with van der Waals surface area (Å²) in [5, 5.41) is 29.6. The maximum absolute atomic E-state index is 12.7. The van der Waals surface area contributed by atoms with E-state index in [0.29, 0.717) is 25.9 Å². The minimum atomic E-state index is -4.56. The predicted octanol–water partition coefficient (Wildman–Crippen LogP) is 8.79. The molecule has 6 aromatic rings. The third kappa shape index (κ3) is 15.9. The molecule has 2 aromatic heterocycles. The molecule has 0 aliphatic carbocycles. The van der Waals surface area contributed by atoms with Gasteiger partial charge in [0.15, 0.2) is 12.7 Å². The molecule has 0 saturated heterocycles. The number of carboxylic acids is 3. The third-order valence-corrected chi connectivity index (χ3v) is 11.1. The highest BCUT2D eigenvalue weighted by atomic mass is 127. The lowest BCUT2D eigenvalue weighted by Gasteiger charge is -2.13. The molecule has 5 N–H and O–H groups in total. The Morgan fingerprint density at radius 2 is 1.52 bits per heavy atom. The van der Waals surface area contributed by atoms with Gasteiger partial charge in [0.1, 0.15) is 33.5 Å². The number of aromatic carboxylic acids is 1. The van der Waals surface area contributed by atoms with Gasteiger partial charge in [-0.15, -0.1) is 0 Å². The zero-order chi connectivity index (χ0) is 51.4. The number of carbonyl (C=O) groups excluding carboxylic acids is 2. The molecule has 1 atom stereocenters. The van der Waals surface area contributed by atoms with Crippen LogP contribution in [-0.4, -0.2) is 93.4 Å². The fourth-order valence-electron chi connectivity index (χ4n) is 5.06. The summed E-state index contributed by atoms with van der Waals surface area (Å²) in [6, 6.07) is 15.6. The van der Waals surface area contributed by atoms with Crippen LogP contribution in [0.2, 0.25) is 15.1 Å². The van der Waals surface area contributed by atoms with Gasteiger partial charge in [0.25, 0.3) is 10.0 Å². The number of anilines is 1. The minimum Gasteiger partial charge on any atom is -0.480 e. The van der Waals surface area contributed by atoms with Crippen molar-refractivity contribution in [3.05, 3.63) is 126 Å². The third-order valence-electron chi connectivity index (χ3n) is 8.13. The van der Waals surface area contributed by atoms with Crippen molar-refractivity contribution in [2.75, 3.05) is 19.0 Å². The Kier molecular flexibility index (Phi) is 19.0. The van der Waals surface area contributed by atoms with Gasteiger partial charge in [-0.3, -0.25) is 10.3 Å². The van der Waals surface area contributed by atoms with Crippen LogP contribution in [0.3, 0.4) is 0 Å². The Bertz CT molecular complexity index is 3050. The molecule has 6 rings (SSSR count). The van der Waals surface area contributed by atoms with Gasteiger partial charge in [-0.1, -0.05) is 34.8 Å². The van der Waals surface area contributed by atoms with E-state index in [1.165, 1.54) is 32.2 Å². The van der Waals surface area contributed by atoms with E-state index in [-0.39, 0.29) is 44.9 Å². The lowest BCUT2D eigenvalue weighted by atomic mass is 10.2. The monoisotopic (exact) mass is 1150 g/mol. The number of hydrogen-bond donors (Lipinski definition) is 5. The highest BCUT2D eigenvalue weighted by molar-refractivity contribution is 14.1. The number of sulfonamides is 1. The number of aliphatic carboxylic acids is 2. The molecule has 0 spiro atoms. The van der Waals surface area contributed by atoms with Gasteiger partial charge < -0.3 is 34.3 Å². The normalized spacial score (nSPS) is 11.3. The molecule has 28 heteroatoms. The molecule has 2 amide bonds. The van der Waals surface area contributed by atoms with E-state index in [4.69, 9.17) is 69.1 Å². The van der Waals surface area contributed by atoms with Gasteiger partial charge in [0.2, 0.25) is 5.95 Å². The number of aryl methyl sites for hydroxylation is 1. The van der Waals surface area contributed by atoms with Crippen molar-refractivity contribution in [3.8, 4) is 23.3 Å². The molecule has 0 saturated carbocycles. The van der Waals surface area contributed by atoms with Crippen LogP contribution in [0.15, 0.2) is 90.0 Å². The quantitative estimate of drug-likeness (QED) is 0.0533. The van der Waals surface area contributed by atoms with Crippen molar-refractivity contribution < 1.29 is 79.8 Å². The second-order valence-corrected chi connectivity index (χ2v) is 17.2. The summed E-state index contributed by atoms with van der Waals surface area (Å²) in [6.07, 6.45) is -4.35. The van der Waals surface area contributed by atoms with Crippen LogP contribution in [0.1, 0.15) is 39.0 Å². The van der Waals surface area contributed by atoms with Crippen LogP contribution in [0.5, 0.6) is 23.3 Å². The average molecular weight is 1150 g/mol. The SMILES string of the molecule is COc1nc(C)nc(NC(=O)NS(=O)(=O)c2cc(I)ccc2C(=O)O)n1.C[C@H](OC(=O)c1cc(Oc2ccc(C(F)(F)F)cc2Cl)ccc1Cl)C(=O)O.O=C(O)COc1ccc(Cl)c2cccnc12. The molecule has 0 unspecified atom stereocenters. The molecule has 69 heavy (non-hydrogen) atoms. The summed E-state index contributed by atoms with van der Waals surface area (Å²) >= 11 is 19.5. The Morgan fingerprint density at radius 3 is 2.14 bits per heavy atom. The first-order valence-corrected chi connectivity index (χ1v) is 22.3. The largest absolute Gasteiger partial charge is 0.480 e. The number of nitrogens with one attached hydrogen (secondary N) is 2. The molecule has 364 valence electrons. The maximum atomic E-state index is 12.7. The van der Waals surface area contributed by atoms with E-state index < -0.39 is 74.8 Å². The Balaban J connectivity index is 0.000000233. The number of amides is 2. The number of pyridine rings is 1. The van der Waals surface area contributed by atoms with Crippen LogP contribution in [0, 0.1) is 10.5 Å². The number of aromatic nitrogens is 4. The van der Waals surface area contributed by atoms with E-state index in [0.717, 1.165) is 42.6 Å². The molecule has 2 heterocycles. The highest BCUT2D eigenvalue weighted by Gasteiger charge is 2.31. The van der Waals surface area contributed by atoms with Gasteiger partial charge in [0.05, 0.1) is 38.9 Å². The maximum Gasteiger partial charge on any atom is 0.416 e. The van der Waals surface area contributed by atoms with Crippen molar-refractivity contribution in [3.63, 3.8) is 0 Å². The Labute approximate surface area is 415 Å². The fraction of sp³-hybridized carbons (Fsp3) is 0.146. The number of carboxylic acid groups (broad SMARTS) is 3. The van der Waals surface area contributed by atoms with Crippen molar-refractivity contribution in [1.82, 2.24) is 24.7 Å². The van der Waals surface area contributed by atoms with Gasteiger partial charge in [-0.25, -0.2) is 37.1 Å². The predicted molar refractivity (Wildman–Crippen MR) is 247 cm³/mol. The van der Waals surface area contributed by atoms with Gasteiger partial charge >= 0.3 is 42.1 Å². The van der Waals surface area contributed by atoms with Crippen molar-refractivity contribution in [2.24, 2.45) is 0 Å². The molecule has 4 aromatic carbocycles. The summed E-state index contributed by atoms with van der Waals surface area (Å²) < 4.78 is 85.0. The van der Waals surface area contributed by atoms with Crippen molar-refractivity contribution >= 4 is 114 Å². The lowest BCUT2D eigenvalue weighted by Crippen LogP contribution is -2.35. The van der Waals surface area contributed by atoms with E-state index in [9.17, 15) is 45.6 Å². The van der Waals surface area contributed by atoms with Crippen LogP contribution in [0.4, 0.5) is 23.9 Å². The van der Waals surface area contributed by atoms with Crippen molar-refractivity contribution in [2.45, 2.75) is 31.0 Å². The first-order valence-electron chi connectivity index (χ1n) is 18.6. The molecule has 0 fully saturated rings. The highest BCUT2D eigenvalue weighted by Crippen LogP contribution is 2.37. The fourth-order valence-corrected chi connectivity index (χ4v) is 7.52. The molecule has 0 aliphatic heterocycles. The Morgan fingerprint density at radius 1 is 0.841 bits per heavy atom. The summed E-state index contributed by atoms with van der Waals surface area (Å²) in [4.78, 5) is 71.4. The first kappa shape index (κ1) is 54.8. The number of benzene rings is 4. The number of ether oxygens (including phenoxy) is 4. The molecule has 0 bridgehead atoms. The topological polar surface area (TPSA) is 293 Å². The van der Waals surface area contributed by atoms with E-state index >= 15 is 0 Å². The molecular formula is C41H31Cl3F3IN6O14S. The van der Waals surface area contributed by atoms with Gasteiger partial charge in [-0.05, 0) is 115 Å². The van der Waals surface area contributed by atoms with Crippen LogP contribution >= 0.6 is 57.4 Å². The number of carbonyl (C=O) groups is 5. The number of fused-ring (bicyclic) bond motifs is 1. The van der Waals surface area contributed by atoms with E-state index in [2.05, 4.69) is 25.3 Å². The summed E-state index contributed by atoms with van der Waals surface area (Å²) in [5.74, 6) is -4.44. The number of alkyl halides is 3. The number of urea groups is 1. The van der Waals surface area contributed by atoms with E-state index in [1.54, 1.807) is 35.2 Å². The smallest absolute Gasteiger partial charge is 0.416 e. The zero-order valence-electron chi connectivity index (χ0n) is 35.0. The summed E-state index contributed by atoms with van der Waals surface area (Å²) in [7, 11) is -3.14. The van der Waals surface area contributed by atoms with Crippen LogP contribution in [-0.2, 0) is 30.5 Å². The minimum absolute atomic E-state index is 0.0246. The second kappa shape index (κ2) is 24.0. The molecule has 0 radical (unpaired) electrons. The molecule has 20 nitrogen and oxygen atoms in total. The van der Waals surface area contributed by atoms with Gasteiger partial charge in [0, 0.05) is 15.2 Å². The number of esters is 1. The standard InChI is InChI=1S/C17H11Cl2F3O5.C13H12IN5O6S.C11H8ClNO3/c1-8(15(23)24)26-16(25)11-7-10(3-4-12(11)18)27-14-5-2-9(6-13(14)19)17(20,21)22;1-6-15-11(18-13(16-6)25-2)17-12(22)19-26(23,24)9-5-7(14)3-4-8(9)10(20)21;12-8-3-4-9(16-6-10(14)15)11-7(8)2-1-5-13-11/h2-8H,1H3,(H,23,24);3-5H,1-2H3,(H,20,21)(H2,15,16,17,18,19,22);1-5H,6H2,(H,14,15)/t8-;;/m0../s1. The lowest BCUT2D eigenvalue weighted by molar-refractivity contribution is -0.146. The van der Waals surface area contributed by atoms with Gasteiger partial charge in [-0.2, -0.15) is 28.1 Å². The first-order chi connectivity index (χ1) is 32.3. The van der Waals surface area contributed by atoms with Crippen LogP contribution in [0.25, 0.3) is 10.9 Å². The summed E-state index contributed by atoms with van der Waals surface area (Å²) in [6.45, 7) is 2.29. The summed E-state index contributed by atoms with van der Waals surface area (Å²) in [5.41, 5.74) is -1.02. The van der Waals surface area contributed by atoms with Crippen molar-refractivity contribution in [1.29, 1.82) is 0 Å². The molecular weight excluding hydrogens is 1120 g/mol. The van der Waals surface area contributed by atoms with E-state index in [1.807, 2.05) is 22.6 Å².